The number of aryl methyl sites for hydroxylation is 2. The average molecular weight is 388 g/mol. The molecule has 0 spiro atoms. The van der Waals surface area contributed by atoms with Crippen LogP contribution in [-0.4, -0.2) is 39.2 Å². The number of nitrogens with zero attached hydrogens (tertiary/aromatic N) is 3. The van der Waals surface area contributed by atoms with Crippen molar-refractivity contribution in [2.24, 2.45) is 14.1 Å². The first kappa shape index (κ1) is 20.5. The van der Waals surface area contributed by atoms with E-state index < -0.39 is 0 Å². The maximum Gasteiger partial charge on any atom is 0.330 e. The molecule has 1 saturated heterocycles. The van der Waals surface area contributed by atoms with Crippen molar-refractivity contribution in [3.05, 3.63) is 68.2 Å². The molecule has 2 heterocycles. The van der Waals surface area contributed by atoms with E-state index in [0.29, 0.717) is 18.2 Å². The van der Waals surface area contributed by atoms with E-state index in [0.717, 1.165) is 42.5 Å². The molecule has 28 heavy (non-hydrogen) atoms. The largest absolute Gasteiger partial charge is 0.330 e. The Morgan fingerprint density at radius 3 is 2.79 bits per heavy atom. The first-order valence-electron chi connectivity index (χ1n) is 9.83. The number of aromatic nitrogens is 2. The van der Waals surface area contributed by atoms with E-state index in [2.05, 4.69) is 17.1 Å². The number of benzene rings is 1. The van der Waals surface area contributed by atoms with E-state index >= 15 is 0 Å². The first-order valence-corrected chi connectivity index (χ1v) is 9.83. The lowest BCUT2D eigenvalue weighted by atomic mass is 10.0. The van der Waals surface area contributed by atoms with Crippen molar-refractivity contribution in [3.8, 4) is 0 Å². The lowest BCUT2D eigenvalue weighted by Gasteiger charge is -2.34. The maximum atomic E-state index is 13.5. The fraction of sp³-hybridized carbons (Fsp3) is 0.524. The minimum Gasteiger partial charge on any atom is -0.315 e. The van der Waals surface area contributed by atoms with Gasteiger partial charge in [0.1, 0.15) is 5.82 Å². The van der Waals surface area contributed by atoms with Crippen LogP contribution in [0.3, 0.4) is 0 Å². The lowest BCUT2D eigenvalue weighted by Crippen LogP contribution is -2.46. The van der Waals surface area contributed by atoms with Gasteiger partial charge in [-0.2, -0.15) is 0 Å². The van der Waals surface area contributed by atoms with Crippen LogP contribution < -0.4 is 16.6 Å². The molecule has 1 aliphatic rings. The maximum absolute atomic E-state index is 13.5. The van der Waals surface area contributed by atoms with Crippen molar-refractivity contribution in [2.75, 3.05) is 13.1 Å². The molecule has 152 valence electrons. The molecule has 1 aliphatic heterocycles. The predicted octanol–water partition coefficient (Wildman–Crippen LogP) is 1.41. The fourth-order valence-electron chi connectivity index (χ4n) is 3.99. The van der Waals surface area contributed by atoms with Crippen LogP contribution in [-0.2, 0) is 27.1 Å². The van der Waals surface area contributed by atoms with Gasteiger partial charge < -0.3 is 9.88 Å². The van der Waals surface area contributed by atoms with Crippen LogP contribution in [0, 0.1) is 5.82 Å². The summed E-state index contributed by atoms with van der Waals surface area (Å²) in [5.74, 6) is -0.212. The molecule has 6 nitrogen and oxygen atoms in total. The summed E-state index contributed by atoms with van der Waals surface area (Å²) >= 11 is 0. The Hall–Kier alpha value is -2.25. The Kier molecular flexibility index (Phi) is 6.46. The molecule has 2 aromatic rings. The second-order valence-electron chi connectivity index (χ2n) is 7.75. The van der Waals surface area contributed by atoms with Gasteiger partial charge in [-0.05, 0) is 50.4 Å². The Labute approximate surface area is 164 Å². The third-order valence-electron chi connectivity index (χ3n) is 5.68. The second-order valence-corrected chi connectivity index (χ2v) is 7.75. The van der Waals surface area contributed by atoms with Crippen molar-refractivity contribution < 1.29 is 4.39 Å². The molecule has 0 radical (unpaired) electrons. The van der Waals surface area contributed by atoms with Crippen LogP contribution in [0.15, 0.2) is 40.1 Å². The Morgan fingerprint density at radius 1 is 1.32 bits per heavy atom. The summed E-state index contributed by atoms with van der Waals surface area (Å²) in [7, 11) is 3.18. The lowest BCUT2D eigenvalue weighted by molar-refractivity contribution is 0.136. The molecule has 0 amide bonds. The summed E-state index contributed by atoms with van der Waals surface area (Å²) in [6.45, 7) is 4.50. The summed E-state index contributed by atoms with van der Waals surface area (Å²) in [6.07, 6.45) is 4.32. The van der Waals surface area contributed by atoms with Crippen LogP contribution in [0.2, 0.25) is 0 Å². The van der Waals surface area contributed by atoms with Crippen LogP contribution in [0.5, 0.6) is 0 Å². The number of rotatable bonds is 7. The molecule has 0 aliphatic carbocycles. The van der Waals surface area contributed by atoms with Crippen LogP contribution in [0.25, 0.3) is 0 Å². The highest BCUT2D eigenvalue weighted by atomic mass is 19.1. The second kappa shape index (κ2) is 8.84. The van der Waals surface area contributed by atoms with E-state index in [-0.39, 0.29) is 23.1 Å². The van der Waals surface area contributed by atoms with Gasteiger partial charge in [0.2, 0.25) is 0 Å². The minimum absolute atomic E-state index is 0.212. The predicted molar refractivity (Wildman–Crippen MR) is 108 cm³/mol. The highest BCUT2D eigenvalue weighted by Gasteiger charge is 2.27. The zero-order valence-electron chi connectivity index (χ0n) is 16.8. The van der Waals surface area contributed by atoms with E-state index in [1.807, 2.05) is 6.07 Å². The minimum atomic E-state index is -0.318. The summed E-state index contributed by atoms with van der Waals surface area (Å²) in [6, 6.07) is 7.28. The monoisotopic (exact) mass is 388 g/mol. The van der Waals surface area contributed by atoms with E-state index in [1.165, 1.54) is 17.7 Å². The highest BCUT2D eigenvalue weighted by Crippen LogP contribution is 2.19. The van der Waals surface area contributed by atoms with Crippen LogP contribution in [0.4, 0.5) is 4.39 Å². The van der Waals surface area contributed by atoms with Gasteiger partial charge in [0.25, 0.3) is 5.56 Å². The Balaban J connectivity index is 1.79. The van der Waals surface area contributed by atoms with Gasteiger partial charge in [0.05, 0.1) is 0 Å². The molecule has 0 saturated carbocycles. The molecule has 0 bridgehead atoms. The van der Waals surface area contributed by atoms with Crippen molar-refractivity contribution >= 4 is 0 Å². The van der Waals surface area contributed by atoms with Gasteiger partial charge in [-0.25, -0.2) is 9.18 Å². The molecule has 1 aromatic carbocycles. The standard InChI is InChI=1S/C21H29FN4O2/c1-15(7-8-16-5-4-6-18(22)11-16)26(19-9-10-23-12-19)14-17-13-24(2)21(28)25(3)20(17)27/h4-6,11,13,15,19,23H,7-10,12,14H2,1-3H3. The summed E-state index contributed by atoms with van der Waals surface area (Å²) in [4.78, 5) is 26.9. The normalized spacial score (nSPS) is 18.0. The third-order valence-corrected chi connectivity index (χ3v) is 5.68. The average Bonchev–Trinajstić information content (AvgIpc) is 3.20. The topological polar surface area (TPSA) is 59.3 Å². The smallest absolute Gasteiger partial charge is 0.315 e. The number of nitrogens with one attached hydrogen (secondary N) is 1. The molecule has 3 rings (SSSR count). The molecule has 1 fully saturated rings. The molecular weight excluding hydrogens is 359 g/mol. The number of hydrogen-bond donors (Lipinski definition) is 1. The van der Waals surface area contributed by atoms with Gasteiger partial charge in [0.15, 0.2) is 0 Å². The van der Waals surface area contributed by atoms with Gasteiger partial charge in [0, 0.05) is 51.0 Å². The van der Waals surface area contributed by atoms with Gasteiger partial charge in [-0.1, -0.05) is 12.1 Å². The molecule has 7 heteroatoms. The van der Waals surface area contributed by atoms with E-state index in [9.17, 15) is 14.0 Å². The molecule has 2 unspecified atom stereocenters. The summed E-state index contributed by atoms with van der Waals surface area (Å²) in [5, 5.41) is 3.39. The SMILES string of the molecule is CC(CCc1cccc(F)c1)N(Cc1cn(C)c(=O)n(C)c1=O)C1CCNC1. The van der Waals surface area contributed by atoms with Crippen molar-refractivity contribution in [1.82, 2.24) is 19.4 Å². The summed E-state index contributed by atoms with van der Waals surface area (Å²) in [5.41, 5.74) is 1.04. The molecule has 1 N–H and O–H groups in total. The number of halogens is 1. The third kappa shape index (κ3) is 4.59. The van der Waals surface area contributed by atoms with Crippen molar-refractivity contribution in [1.29, 1.82) is 0 Å². The highest BCUT2D eigenvalue weighted by molar-refractivity contribution is 5.16. The Morgan fingerprint density at radius 2 is 2.11 bits per heavy atom. The van der Waals surface area contributed by atoms with Crippen molar-refractivity contribution in [2.45, 2.75) is 44.8 Å². The zero-order chi connectivity index (χ0) is 20.3. The van der Waals surface area contributed by atoms with Gasteiger partial charge in [-0.15, -0.1) is 0 Å². The Bertz CT molecular complexity index is 931. The van der Waals surface area contributed by atoms with E-state index in [1.54, 1.807) is 25.4 Å². The van der Waals surface area contributed by atoms with E-state index in [4.69, 9.17) is 0 Å². The summed E-state index contributed by atoms with van der Waals surface area (Å²) < 4.78 is 16.1. The molecular formula is C21H29FN4O2. The first-order chi connectivity index (χ1) is 13.4. The fourth-order valence-corrected chi connectivity index (χ4v) is 3.99. The van der Waals surface area contributed by atoms with Crippen molar-refractivity contribution in [3.63, 3.8) is 0 Å². The van der Waals surface area contributed by atoms with Crippen LogP contribution >= 0.6 is 0 Å². The molecule has 2 atom stereocenters. The number of hydrogen-bond acceptors (Lipinski definition) is 4. The zero-order valence-corrected chi connectivity index (χ0v) is 16.8. The van der Waals surface area contributed by atoms with Crippen LogP contribution in [0.1, 0.15) is 30.9 Å². The molecule has 1 aromatic heterocycles. The van der Waals surface area contributed by atoms with Gasteiger partial charge >= 0.3 is 5.69 Å². The van der Waals surface area contributed by atoms with Gasteiger partial charge in [-0.3, -0.25) is 14.3 Å². The quantitative estimate of drug-likeness (QED) is 0.779.